The van der Waals surface area contributed by atoms with Gasteiger partial charge in [-0.15, -0.1) is 0 Å². The Morgan fingerprint density at radius 3 is 2.04 bits per heavy atom. The Balaban J connectivity index is 0.000000437. The number of rotatable bonds is 9. The van der Waals surface area contributed by atoms with Crippen molar-refractivity contribution < 1.29 is 49.0 Å². The Hall–Kier alpha value is -5.38. The minimum absolute atomic E-state index is 0.00145. The number of carbonyl (C=O) groups is 1. The molecule has 1 amide bonds. The summed E-state index contributed by atoms with van der Waals surface area (Å²) in [6.45, 7) is 7.76. The maximum atomic E-state index is 13.5. The van der Waals surface area contributed by atoms with E-state index in [-0.39, 0.29) is 48.6 Å². The second kappa shape index (κ2) is 17.8. The Labute approximate surface area is 315 Å². The molecule has 55 heavy (non-hydrogen) atoms. The van der Waals surface area contributed by atoms with Crippen molar-refractivity contribution in [2.24, 2.45) is 5.92 Å². The molecular weight excluding hydrogens is 749 g/mol. The first-order chi connectivity index (χ1) is 25.9. The number of carbonyl (C=O) groups excluding carboxylic acids is 1. The van der Waals surface area contributed by atoms with Crippen molar-refractivity contribution >= 4 is 15.9 Å². The van der Waals surface area contributed by atoms with E-state index in [1.165, 1.54) is 11.8 Å². The Morgan fingerprint density at radius 1 is 0.945 bits per heavy atom. The third-order valence-corrected chi connectivity index (χ3v) is 10.5. The predicted octanol–water partition coefficient (Wildman–Crippen LogP) is 9.96. The van der Waals surface area contributed by atoms with Crippen molar-refractivity contribution in [2.45, 2.75) is 62.2 Å². The summed E-state index contributed by atoms with van der Waals surface area (Å²) in [7, 11) is -3.32. The van der Waals surface area contributed by atoms with Gasteiger partial charge in [-0.05, 0) is 73.7 Å². The molecule has 0 saturated carbocycles. The summed E-state index contributed by atoms with van der Waals surface area (Å²) in [4.78, 5) is 18.3. The summed E-state index contributed by atoms with van der Waals surface area (Å²) in [5.41, 5.74) is -2.02. The number of ether oxygens (including phenoxy) is 2. The highest BCUT2D eigenvalue weighted by Gasteiger charge is 2.47. The third-order valence-electron chi connectivity index (χ3n) is 9.02. The highest BCUT2D eigenvalue weighted by molar-refractivity contribution is 7.91. The molecule has 15 heteroatoms. The molecule has 0 N–H and O–H groups in total. The zero-order chi connectivity index (χ0) is 40.4. The van der Waals surface area contributed by atoms with E-state index in [2.05, 4.69) is 10.9 Å². The molecule has 0 bridgehead atoms. The number of likely N-dealkylation sites (tertiary alicyclic amines) is 1. The number of hydrogen-bond acceptors (Lipinski definition) is 6. The lowest BCUT2D eigenvalue weighted by Crippen LogP contribution is -2.57. The molecular formula is C40H38F6N3O5S+. The van der Waals surface area contributed by atoms with Gasteiger partial charge in [0, 0.05) is 6.54 Å². The average molecular weight is 787 g/mol. The van der Waals surface area contributed by atoms with Crippen LogP contribution in [0.4, 0.5) is 31.1 Å². The summed E-state index contributed by atoms with van der Waals surface area (Å²) in [6.07, 6.45) is -11.3. The van der Waals surface area contributed by atoms with Crippen LogP contribution in [0.1, 0.15) is 59.3 Å². The fourth-order valence-electron chi connectivity index (χ4n) is 5.96. The van der Waals surface area contributed by atoms with Crippen LogP contribution >= 0.6 is 0 Å². The van der Waals surface area contributed by atoms with Gasteiger partial charge in [0.05, 0.1) is 46.3 Å². The van der Waals surface area contributed by atoms with Gasteiger partial charge in [-0.3, -0.25) is 4.90 Å². The molecule has 0 radical (unpaired) electrons. The maximum absolute atomic E-state index is 13.5. The van der Waals surface area contributed by atoms with E-state index < -0.39 is 57.0 Å². The van der Waals surface area contributed by atoms with Crippen LogP contribution in [0.3, 0.4) is 0 Å². The topological polar surface area (TPSA) is 101 Å². The van der Waals surface area contributed by atoms with Crippen molar-refractivity contribution in [1.82, 2.24) is 4.90 Å². The maximum Gasteiger partial charge on any atom is 0.416 e. The zero-order valence-electron chi connectivity index (χ0n) is 29.8. The molecule has 5 rings (SSSR count). The smallest absolute Gasteiger partial charge is 0.416 e. The third kappa shape index (κ3) is 11.1. The van der Waals surface area contributed by atoms with Gasteiger partial charge in [0.25, 0.3) is 16.4 Å². The first-order valence-corrected chi connectivity index (χ1v) is 18.6. The Morgan fingerprint density at radius 2 is 1.51 bits per heavy atom. The number of amides is 1. The van der Waals surface area contributed by atoms with Crippen molar-refractivity contribution in [3.8, 4) is 12.6 Å². The van der Waals surface area contributed by atoms with Crippen LogP contribution in [0.2, 0.25) is 0 Å². The quantitative estimate of drug-likeness (QED) is 0.157. The fraction of sp³-hybridized carbons (Fsp3) is 0.325. The van der Waals surface area contributed by atoms with Gasteiger partial charge in [0.15, 0.2) is 0 Å². The van der Waals surface area contributed by atoms with Crippen LogP contribution in [0.5, 0.6) is 0 Å². The number of alkyl halides is 6. The molecule has 1 aliphatic heterocycles. The van der Waals surface area contributed by atoms with Crippen molar-refractivity contribution in [2.75, 3.05) is 19.0 Å². The van der Waals surface area contributed by atoms with Gasteiger partial charge in [0.2, 0.25) is 0 Å². The second-order valence-electron chi connectivity index (χ2n) is 12.9. The number of benzene rings is 4. The van der Waals surface area contributed by atoms with Gasteiger partial charge in [-0.1, -0.05) is 83.2 Å². The highest BCUT2D eigenvalue weighted by atomic mass is 32.2. The summed E-state index contributed by atoms with van der Waals surface area (Å²) in [6, 6.07) is 27.8. The molecule has 3 atom stereocenters. The normalized spacial score (nSPS) is 17.9. The van der Waals surface area contributed by atoms with E-state index in [0.29, 0.717) is 24.1 Å². The molecule has 0 aliphatic carbocycles. The van der Waals surface area contributed by atoms with Crippen molar-refractivity contribution in [1.29, 1.82) is 5.26 Å². The average Bonchev–Trinajstić information content (AvgIpc) is 3.16. The molecule has 4 aromatic carbocycles. The molecule has 1 heterocycles. The van der Waals surface area contributed by atoms with Crippen molar-refractivity contribution in [3.05, 3.63) is 141 Å². The lowest BCUT2D eigenvalue weighted by atomic mass is 9.78. The lowest BCUT2D eigenvalue weighted by molar-refractivity contribution is -0.143. The van der Waals surface area contributed by atoms with Gasteiger partial charge in [-0.2, -0.15) is 31.6 Å². The number of halogens is 6. The molecule has 1 saturated heterocycles. The Kier molecular flexibility index (Phi) is 13.7. The van der Waals surface area contributed by atoms with E-state index in [0.717, 1.165) is 11.1 Å². The van der Waals surface area contributed by atoms with Crippen LogP contribution in [0, 0.1) is 30.7 Å². The van der Waals surface area contributed by atoms with Gasteiger partial charge in [0.1, 0.15) is 6.61 Å². The summed E-state index contributed by atoms with van der Waals surface area (Å²) in [5.74, 6) is -0.878. The molecule has 1 unspecified atom stereocenters. The number of sulfone groups is 1. The molecule has 0 spiro atoms. The monoisotopic (exact) mass is 786 g/mol. The first kappa shape index (κ1) is 42.4. The summed E-state index contributed by atoms with van der Waals surface area (Å²) >= 11 is 0. The molecule has 1 fully saturated rings. The van der Waals surface area contributed by atoms with E-state index in [4.69, 9.17) is 16.0 Å². The largest absolute Gasteiger partial charge is 0.445 e. The molecule has 0 aromatic heterocycles. The predicted molar refractivity (Wildman–Crippen MR) is 192 cm³/mol. The van der Waals surface area contributed by atoms with Crippen molar-refractivity contribution in [3.63, 3.8) is 0 Å². The lowest BCUT2D eigenvalue weighted by Gasteiger charge is -2.48. The molecule has 1 aliphatic rings. The van der Waals surface area contributed by atoms with Gasteiger partial charge < -0.3 is 9.47 Å². The second-order valence-corrected chi connectivity index (χ2v) is 14.9. The minimum atomic E-state index is -5.00. The molecule has 8 nitrogen and oxygen atoms in total. The van der Waals surface area contributed by atoms with E-state index >= 15 is 0 Å². The van der Waals surface area contributed by atoms with E-state index in [1.807, 2.05) is 13.0 Å². The first-order valence-electron chi connectivity index (χ1n) is 16.9. The van der Waals surface area contributed by atoms with Crippen LogP contribution in [-0.4, -0.2) is 38.4 Å². The number of aryl methyl sites for hydroxylation is 1. The fourth-order valence-corrected chi connectivity index (χ4v) is 6.86. The zero-order valence-corrected chi connectivity index (χ0v) is 30.7. The number of nitriles is 1. The summed E-state index contributed by atoms with van der Waals surface area (Å²) in [5, 5.41) is 9.65. The Bertz CT molecular complexity index is 2070. The number of piperidine rings is 1. The standard InChI is InChI=1S/C31H28F6N2O3.C9H10NO2S/c1-21(24-14-26(30(32,33)34)16-27(15-24)31(35,36)37)42-20-29(25-10-6-3-7-11-25)13-12-23(17-38)18-39(29)28(40)41-19-22-8-4-2-5-9-22;1-8-3-5-9(6-4-8)13(11,12)7-10-2/h2-11,14-16,21,23H,12-13,18-20H2,1H3;2-6H,7H2,1H3/q;+1/t21-,23?,29-;/m1./s1. The number of nitrogens with zero attached hydrogens (tertiary/aromatic N) is 3. The van der Waals surface area contributed by atoms with E-state index in [1.54, 1.807) is 78.9 Å². The number of hydrogen-bond donors (Lipinski definition) is 0. The van der Waals surface area contributed by atoms with Crippen LogP contribution < -0.4 is 0 Å². The highest BCUT2D eigenvalue weighted by Crippen LogP contribution is 2.43. The molecule has 4 aromatic rings. The summed E-state index contributed by atoms with van der Waals surface area (Å²) < 4.78 is 115. The van der Waals surface area contributed by atoms with Crippen LogP contribution in [-0.2, 0) is 43.8 Å². The van der Waals surface area contributed by atoms with Crippen LogP contribution in [0.25, 0.3) is 4.85 Å². The van der Waals surface area contributed by atoms with Crippen LogP contribution in [0.15, 0.2) is 108 Å². The van der Waals surface area contributed by atoms with Gasteiger partial charge in [-0.25, -0.2) is 13.2 Å². The molecule has 290 valence electrons. The van der Waals surface area contributed by atoms with Gasteiger partial charge >= 0.3 is 24.3 Å². The SMILES string of the molecule is C#[N+]CS(=O)(=O)c1ccc(C)cc1.C[C@@H](OC[C@@]1(c2ccccc2)CCC(C#N)CN1C(=O)OCc1ccccc1)c1cc(C(F)(F)F)cc(C(F)(F)F)c1. The minimum Gasteiger partial charge on any atom is -0.445 e. The van der Waals surface area contributed by atoms with E-state index in [9.17, 15) is 44.8 Å².